The number of nitrogens with one attached hydrogen (secondary N) is 1. The van der Waals surface area contributed by atoms with Crippen molar-refractivity contribution >= 4 is 17.9 Å². The third kappa shape index (κ3) is 0.856. The summed E-state index contributed by atoms with van der Waals surface area (Å²) in [5.41, 5.74) is 1.56. The van der Waals surface area contributed by atoms with Gasteiger partial charge in [-0.15, -0.1) is 0 Å². The summed E-state index contributed by atoms with van der Waals surface area (Å²) in [6, 6.07) is 7.45. The molecule has 2 aliphatic rings. The van der Waals surface area contributed by atoms with Gasteiger partial charge in [0.05, 0.1) is 0 Å². The molecule has 14 heavy (non-hydrogen) atoms. The van der Waals surface area contributed by atoms with E-state index >= 15 is 0 Å². The van der Waals surface area contributed by atoms with Crippen molar-refractivity contribution in [1.29, 1.82) is 0 Å². The summed E-state index contributed by atoms with van der Waals surface area (Å²) in [6.07, 6.45) is 3.32. The summed E-state index contributed by atoms with van der Waals surface area (Å²) < 4.78 is 0. The summed E-state index contributed by atoms with van der Waals surface area (Å²) in [5.74, 6) is 0.641. The molecule has 2 heterocycles. The second-order valence-electron chi connectivity index (χ2n) is 3.12. The van der Waals surface area contributed by atoms with Crippen LogP contribution in [0.4, 0.5) is 5.69 Å². The quantitative estimate of drug-likeness (QED) is 0.603. The molecule has 67 valence electrons. The van der Waals surface area contributed by atoms with E-state index in [2.05, 4.69) is 10.3 Å². The summed E-state index contributed by atoms with van der Waals surface area (Å²) in [4.78, 5) is 17.4. The summed E-state index contributed by atoms with van der Waals surface area (Å²) in [6.45, 7) is 0. The number of amides is 1. The van der Waals surface area contributed by atoms with Gasteiger partial charge in [-0.25, -0.2) is 0 Å². The molecule has 0 bridgehead atoms. The zero-order valence-electron chi connectivity index (χ0n) is 7.27. The van der Waals surface area contributed by atoms with Crippen molar-refractivity contribution in [2.75, 3.05) is 0 Å². The van der Waals surface area contributed by atoms with Crippen molar-refractivity contribution in [3.8, 4) is 0 Å². The Morgan fingerprint density at radius 3 is 3.07 bits per heavy atom. The Kier molecular flexibility index (Phi) is 1.35. The van der Waals surface area contributed by atoms with Crippen LogP contribution in [-0.2, 0) is 0 Å². The SMILES string of the molecule is O=C1NC2=CN=C[N+]2c2ccccc21. The molecule has 0 aromatic heterocycles. The van der Waals surface area contributed by atoms with Gasteiger partial charge < -0.3 is 0 Å². The van der Waals surface area contributed by atoms with Crippen LogP contribution in [0.3, 0.4) is 0 Å². The fraction of sp³-hybridized carbons (Fsp3) is 0. The standard InChI is InChI=1S/C10H7N3O/c14-10-7-3-1-2-4-8(7)13-6-11-5-9(13)12-10/h1-6H,(H,12,14)/q+1. The molecule has 1 radical (unpaired) electrons. The monoisotopic (exact) mass is 185 g/mol. The van der Waals surface area contributed by atoms with E-state index in [1.807, 2.05) is 23.1 Å². The van der Waals surface area contributed by atoms with Crippen molar-refractivity contribution in [1.82, 2.24) is 10.2 Å². The maximum atomic E-state index is 11.6. The number of hydrogen-bond acceptors (Lipinski definition) is 3. The number of carbonyl (C=O) groups excluding carboxylic acids is 1. The molecule has 1 amide bonds. The van der Waals surface area contributed by atoms with Crippen LogP contribution in [0.15, 0.2) is 41.3 Å². The molecular weight excluding hydrogens is 178 g/mol. The Balaban J connectivity index is 2.24. The summed E-state index contributed by atoms with van der Waals surface area (Å²) in [5, 5.41) is 2.76. The number of rotatable bonds is 0. The molecule has 0 fully saturated rings. The Morgan fingerprint density at radius 1 is 1.29 bits per heavy atom. The van der Waals surface area contributed by atoms with Gasteiger partial charge in [0.1, 0.15) is 11.8 Å². The van der Waals surface area contributed by atoms with Crippen molar-refractivity contribution in [2.24, 2.45) is 4.99 Å². The Bertz CT molecular complexity index is 476. The number of benzene rings is 1. The molecule has 0 spiro atoms. The Labute approximate surface area is 80.6 Å². The van der Waals surface area contributed by atoms with Crippen LogP contribution < -0.4 is 10.2 Å². The summed E-state index contributed by atoms with van der Waals surface area (Å²) in [7, 11) is 0. The summed E-state index contributed by atoms with van der Waals surface area (Å²) >= 11 is 0. The zero-order chi connectivity index (χ0) is 9.54. The maximum Gasteiger partial charge on any atom is 0.288 e. The lowest BCUT2D eigenvalue weighted by molar-refractivity contribution is 0.0957. The number of aliphatic imine (C=N–C) groups is 1. The Morgan fingerprint density at radius 2 is 2.14 bits per heavy atom. The molecule has 1 aromatic carbocycles. The van der Waals surface area contributed by atoms with Gasteiger partial charge in [0.15, 0.2) is 0 Å². The molecule has 0 aliphatic carbocycles. The topological polar surface area (TPSA) is 47.4 Å². The predicted octanol–water partition coefficient (Wildman–Crippen LogP) is 1.04. The smallest absolute Gasteiger partial charge is 0.271 e. The fourth-order valence-electron chi connectivity index (χ4n) is 1.64. The third-order valence-electron chi connectivity index (χ3n) is 2.29. The first kappa shape index (κ1) is 7.46. The average molecular weight is 185 g/mol. The van der Waals surface area contributed by atoms with E-state index in [4.69, 9.17) is 0 Å². The van der Waals surface area contributed by atoms with Gasteiger partial charge >= 0.3 is 0 Å². The van der Waals surface area contributed by atoms with Crippen LogP contribution in [0, 0.1) is 0 Å². The van der Waals surface area contributed by atoms with Crippen molar-refractivity contribution in [3.05, 3.63) is 41.8 Å². The normalized spacial score (nSPS) is 18.6. The molecule has 0 atom stereocenters. The molecule has 1 N–H and O–H groups in total. The number of anilines is 1. The van der Waals surface area contributed by atoms with Crippen molar-refractivity contribution in [2.45, 2.75) is 0 Å². The Hall–Kier alpha value is -1.94. The highest BCUT2D eigenvalue weighted by atomic mass is 16.2. The molecule has 0 unspecified atom stereocenters. The first-order valence-electron chi connectivity index (χ1n) is 4.29. The van der Waals surface area contributed by atoms with Crippen LogP contribution in [-0.4, -0.2) is 12.2 Å². The van der Waals surface area contributed by atoms with Crippen LogP contribution in [0.25, 0.3) is 0 Å². The van der Waals surface area contributed by atoms with Gasteiger partial charge in [-0.3, -0.25) is 10.1 Å². The fourth-order valence-corrected chi connectivity index (χ4v) is 1.64. The molecule has 4 heteroatoms. The highest BCUT2D eigenvalue weighted by Gasteiger charge is 2.38. The van der Waals surface area contributed by atoms with E-state index in [1.54, 1.807) is 18.6 Å². The van der Waals surface area contributed by atoms with E-state index in [9.17, 15) is 4.79 Å². The molecule has 1 aromatic rings. The van der Waals surface area contributed by atoms with Crippen LogP contribution in [0.5, 0.6) is 0 Å². The molecule has 0 saturated carbocycles. The van der Waals surface area contributed by atoms with E-state index in [0.717, 1.165) is 5.69 Å². The maximum absolute atomic E-state index is 11.6. The van der Waals surface area contributed by atoms with Gasteiger partial charge in [-0.05, 0) is 11.0 Å². The molecule has 2 aliphatic heterocycles. The van der Waals surface area contributed by atoms with Crippen LogP contribution in [0.1, 0.15) is 10.4 Å². The van der Waals surface area contributed by atoms with Gasteiger partial charge in [0, 0.05) is 6.07 Å². The lowest BCUT2D eigenvalue weighted by Crippen LogP contribution is -2.39. The van der Waals surface area contributed by atoms with Gasteiger partial charge in [0.2, 0.25) is 5.69 Å². The molecule has 4 nitrogen and oxygen atoms in total. The third-order valence-corrected chi connectivity index (χ3v) is 2.29. The largest absolute Gasteiger partial charge is 0.288 e. The molecule has 0 saturated heterocycles. The minimum atomic E-state index is -0.0754. The number of nitrogens with zero attached hydrogens (tertiary/aromatic N) is 2. The first-order valence-corrected chi connectivity index (χ1v) is 4.29. The molecule has 3 rings (SSSR count). The van der Waals surface area contributed by atoms with Gasteiger partial charge in [-0.1, -0.05) is 12.1 Å². The second kappa shape index (κ2) is 2.52. The van der Waals surface area contributed by atoms with Crippen LogP contribution >= 0.6 is 0 Å². The van der Waals surface area contributed by atoms with Crippen LogP contribution in [0.2, 0.25) is 0 Å². The lowest BCUT2D eigenvalue weighted by Gasteiger charge is -2.14. The average Bonchev–Trinajstić information content (AvgIpc) is 2.66. The minimum absolute atomic E-state index is 0.0754. The number of carbonyl (C=O) groups is 1. The zero-order valence-corrected chi connectivity index (χ0v) is 7.27. The van der Waals surface area contributed by atoms with Gasteiger partial charge in [0.25, 0.3) is 18.1 Å². The number of hydrogen-bond donors (Lipinski definition) is 1. The first-order chi connectivity index (χ1) is 6.86. The van der Waals surface area contributed by atoms with E-state index in [1.165, 1.54) is 0 Å². The van der Waals surface area contributed by atoms with Gasteiger partial charge in [-0.2, -0.15) is 4.99 Å². The van der Waals surface area contributed by atoms with E-state index < -0.39 is 0 Å². The van der Waals surface area contributed by atoms with Crippen molar-refractivity contribution in [3.63, 3.8) is 0 Å². The number of fused-ring (bicyclic) bond motifs is 3. The van der Waals surface area contributed by atoms with Crippen molar-refractivity contribution < 1.29 is 4.79 Å². The predicted molar refractivity (Wildman–Crippen MR) is 52.3 cm³/mol. The highest BCUT2D eigenvalue weighted by Crippen LogP contribution is 2.27. The lowest BCUT2D eigenvalue weighted by atomic mass is 10.1. The second-order valence-corrected chi connectivity index (χ2v) is 3.12. The van der Waals surface area contributed by atoms with E-state index in [0.29, 0.717) is 11.4 Å². The highest BCUT2D eigenvalue weighted by molar-refractivity contribution is 6.04. The minimum Gasteiger partial charge on any atom is -0.271 e. The number of para-hydroxylation sites is 1. The van der Waals surface area contributed by atoms with E-state index in [-0.39, 0.29) is 5.91 Å². The molecular formula is C10H7N3O+.